The molecule has 0 amide bonds. The van der Waals surface area contributed by atoms with Gasteiger partial charge in [0.2, 0.25) is 0 Å². The van der Waals surface area contributed by atoms with Crippen LogP contribution in [0.25, 0.3) is 0 Å². The first-order chi connectivity index (χ1) is 8.54. The molecule has 4 heteroatoms. The highest BCUT2D eigenvalue weighted by Gasteiger charge is 2.05. The molecule has 18 heavy (non-hydrogen) atoms. The Labute approximate surface area is 107 Å². The van der Waals surface area contributed by atoms with Crippen molar-refractivity contribution in [2.24, 2.45) is 0 Å². The Hall–Kier alpha value is -2.10. The standard InChI is InChI=1S/C14H18N4/c1-10-4-6-12(7-5-10)9-18(3)14-8-13(15)16-11(2)17-14/h4-8H,9H2,1-3H3,(H2,15,16,17). The minimum atomic E-state index is 0.508. The van der Waals surface area contributed by atoms with Gasteiger partial charge in [0.05, 0.1) is 0 Å². The Morgan fingerprint density at radius 2 is 1.78 bits per heavy atom. The van der Waals surface area contributed by atoms with Gasteiger partial charge >= 0.3 is 0 Å². The van der Waals surface area contributed by atoms with E-state index in [1.807, 2.05) is 14.0 Å². The molecule has 0 saturated carbocycles. The third kappa shape index (κ3) is 2.97. The molecule has 2 aromatic rings. The molecule has 1 aromatic carbocycles. The van der Waals surface area contributed by atoms with E-state index in [1.165, 1.54) is 11.1 Å². The first-order valence-corrected chi connectivity index (χ1v) is 5.92. The minimum absolute atomic E-state index is 0.508. The normalized spacial score (nSPS) is 10.4. The molecule has 0 aliphatic heterocycles. The number of nitrogens with zero attached hydrogens (tertiary/aromatic N) is 3. The summed E-state index contributed by atoms with van der Waals surface area (Å²) in [6, 6.07) is 10.3. The van der Waals surface area contributed by atoms with Crippen LogP contribution in [-0.2, 0) is 6.54 Å². The Kier molecular flexibility index (Phi) is 3.46. The van der Waals surface area contributed by atoms with E-state index >= 15 is 0 Å². The maximum atomic E-state index is 5.73. The second kappa shape index (κ2) is 5.04. The van der Waals surface area contributed by atoms with Crippen molar-refractivity contribution < 1.29 is 0 Å². The number of hydrogen-bond acceptors (Lipinski definition) is 4. The van der Waals surface area contributed by atoms with Crippen molar-refractivity contribution in [2.75, 3.05) is 17.7 Å². The molecule has 0 fully saturated rings. The van der Waals surface area contributed by atoms with Gasteiger partial charge < -0.3 is 10.6 Å². The lowest BCUT2D eigenvalue weighted by atomic mass is 10.1. The van der Waals surface area contributed by atoms with Crippen molar-refractivity contribution in [2.45, 2.75) is 20.4 Å². The predicted octanol–water partition coefficient (Wildman–Crippen LogP) is 2.31. The van der Waals surface area contributed by atoms with E-state index in [-0.39, 0.29) is 0 Å². The maximum absolute atomic E-state index is 5.73. The largest absolute Gasteiger partial charge is 0.384 e. The zero-order valence-corrected chi connectivity index (χ0v) is 11.0. The number of nitrogen functional groups attached to an aromatic ring is 1. The molecule has 1 aromatic heterocycles. The van der Waals surface area contributed by atoms with Crippen molar-refractivity contribution >= 4 is 11.6 Å². The van der Waals surface area contributed by atoms with Crippen molar-refractivity contribution in [3.8, 4) is 0 Å². The zero-order chi connectivity index (χ0) is 13.1. The van der Waals surface area contributed by atoms with Gasteiger partial charge in [-0.3, -0.25) is 0 Å². The van der Waals surface area contributed by atoms with E-state index in [1.54, 1.807) is 6.07 Å². The van der Waals surface area contributed by atoms with E-state index in [0.717, 1.165) is 12.4 Å². The molecule has 0 aliphatic carbocycles. The summed E-state index contributed by atoms with van der Waals surface area (Å²) in [5.41, 5.74) is 8.25. The summed E-state index contributed by atoms with van der Waals surface area (Å²) >= 11 is 0. The average Bonchev–Trinajstić information content (AvgIpc) is 2.31. The van der Waals surface area contributed by atoms with Gasteiger partial charge in [0.15, 0.2) is 0 Å². The van der Waals surface area contributed by atoms with Crippen LogP contribution in [0.1, 0.15) is 17.0 Å². The van der Waals surface area contributed by atoms with E-state index in [4.69, 9.17) is 5.73 Å². The number of anilines is 2. The summed E-state index contributed by atoms with van der Waals surface area (Å²) in [6.07, 6.45) is 0. The summed E-state index contributed by atoms with van der Waals surface area (Å²) in [4.78, 5) is 10.5. The lowest BCUT2D eigenvalue weighted by Crippen LogP contribution is -2.18. The van der Waals surface area contributed by atoms with Gasteiger partial charge in [0, 0.05) is 19.7 Å². The lowest BCUT2D eigenvalue weighted by Gasteiger charge is -2.18. The molecule has 0 atom stereocenters. The van der Waals surface area contributed by atoms with Crippen LogP contribution in [0, 0.1) is 13.8 Å². The van der Waals surface area contributed by atoms with E-state index in [0.29, 0.717) is 11.6 Å². The summed E-state index contributed by atoms with van der Waals surface area (Å²) in [7, 11) is 2.00. The molecule has 0 unspecified atom stereocenters. The minimum Gasteiger partial charge on any atom is -0.384 e. The van der Waals surface area contributed by atoms with Gasteiger partial charge in [-0.1, -0.05) is 29.8 Å². The number of hydrogen-bond donors (Lipinski definition) is 1. The highest BCUT2D eigenvalue weighted by atomic mass is 15.2. The van der Waals surface area contributed by atoms with Crippen molar-refractivity contribution in [3.05, 3.63) is 47.3 Å². The number of aryl methyl sites for hydroxylation is 2. The maximum Gasteiger partial charge on any atom is 0.134 e. The SMILES string of the molecule is Cc1ccc(CN(C)c2cc(N)nc(C)n2)cc1. The van der Waals surface area contributed by atoms with Crippen LogP contribution in [0.2, 0.25) is 0 Å². The van der Waals surface area contributed by atoms with Crippen LogP contribution >= 0.6 is 0 Å². The fourth-order valence-electron chi connectivity index (χ4n) is 1.82. The van der Waals surface area contributed by atoms with Crippen LogP contribution in [0.3, 0.4) is 0 Å². The molecule has 1 heterocycles. The Balaban J connectivity index is 2.16. The molecule has 2 N–H and O–H groups in total. The van der Waals surface area contributed by atoms with Crippen LogP contribution in [0.5, 0.6) is 0 Å². The molecular weight excluding hydrogens is 224 g/mol. The van der Waals surface area contributed by atoms with Gasteiger partial charge in [-0.05, 0) is 19.4 Å². The molecule has 0 aliphatic rings. The fraction of sp³-hybridized carbons (Fsp3) is 0.286. The monoisotopic (exact) mass is 242 g/mol. The van der Waals surface area contributed by atoms with E-state index in [2.05, 4.69) is 46.1 Å². The first-order valence-electron chi connectivity index (χ1n) is 5.92. The van der Waals surface area contributed by atoms with Crippen molar-refractivity contribution in [3.63, 3.8) is 0 Å². The Morgan fingerprint density at radius 1 is 1.11 bits per heavy atom. The van der Waals surface area contributed by atoms with E-state index < -0.39 is 0 Å². The molecule has 4 nitrogen and oxygen atoms in total. The van der Waals surface area contributed by atoms with Crippen LogP contribution in [0.15, 0.2) is 30.3 Å². The number of benzene rings is 1. The molecule has 0 saturated heterocycles. The predicted molar refractivity (Wildman–Crippen MR) is 74.5 cm³/mol. The molecule has 0 spiro atoms. The number of rotatable bonds is 3. The Bertz CT molecular complexity index is 514. The van der Waals surface area contributed by atoms with Gasteiger partial charge in [-0.15, -0.1) is 0 Å². The van der Waals surface area contributed by atoms with Gasteiger partial charge in [-0.2, -0.15) is 0 Å². The smallest absolute Gasteiger partial charge is 0.134 e. The lowest BCUT2D eigenvalue weighted by molar-refractivity contribution is 0.880. The van der Waals surface area contributed by atoms with Gasteiger partial charge in [0.25, 0.3) is 0 Å². The van der Waals surface area contributed by atoms with Crippen LogP contribution in [-0.4, -0.2) is 17.0 Å². The molecule has 0 bridgehead atoms. The Morgan fingerprint density at radius 3 is 2.39 bits per heavy atom. The average molecular weight is 242 g/mol. The second-order valence-electron chi connectivity index (χ2n) is 4.54. The number of nitrogens with two attached hydrogens (primary N) is 1. The highest BCUT2D eigenvalue weighted by Crippen LogP contribution is 2.15. The topological polar surface area (TPSA) is 55.0 Å². The first kappa shape index (κ1) is 12.4. The highest BCUT2D eigenvalue weighted by molar-refractivity contribution is 5.46. The zero-order valence-electron chi connectivity index (χ0n) is 11.0. The molecule has 0 radical (unpaired) electrons. The molecule has 2 rings (SSSR count). The third-order valence-corrected chi connectivity index (χ3v) is 2.78. The quantitative estimate of drug-likeness (QED) is 0.897. The molecule has 94 valence electrons. The van der Waals surface area contributed by atoms with Gasteiger partial charge in [0.1, 0.15) is 17.5 Å². The summed E-state index contributed by atoms with van der Waals surface area (Å²) in [6.45, 7) is 4.73. The van der Waals surface area contributed by atoms with Crippen LogP contribution < -0.4 is 10.6 Å². The second-order valence-corrected chi connectivity index (χ2v) is 4.54. The molecular formula is C14H18N4. The summed E-state index contributed by atoms with van der Waals surface area (Å²) in [5.74, 6) is 2.05. The van der Waals surface area contributed by atoms with Gasteiger partial charge in [-0.25, -0.2) is 9.97 Å². The van der Waals surface area contributed by atoms with Crippen molar-refractivity contribution in [1.29, 1.82) is 0 Å². The summed E-state index contributed by atoms with van der Waals surface area (Å²) in [5, 5.41) is 0. The fourth-order valence-corrected chi connectivity index (χ4v) is 1.82. The van der Waals surface area contributed by atoms with E-state index in [9.17, 15) is 0 Å². The number of aromatic nitrogens is 2. The van der Waals surface area contributed by atoms with Crippen molar-refractivity contribution in [1.82, 2.24) is 9.97 Å². The summed E-state index contributed by atoms with van der Waals surface area (Å²) < 4.78 is 0. The third-order valence-electron chi connectivity index (χ3n) is 2.78. The van der Waals surface area contributed by atoms with Crippen LogP contribution in [0.4, 0.5) is 11.6 Å².